The molecule has 17 heavy (non-hydrogen) atoms. The van der Waals surface area contributed by atoms with E-state index in [1.54, 1.807) is 0 Å². The van der Waals surface area contributed by atoms with Gasteiger partial charge >= 0.3 is 0 Å². The van der Waals surface area contributed by atoms with E-state index in [2.05, 4.69) is 35.4 Å². The van der Waals surface area contributed by atoms with Crippen molar-refractivity contribution in [2.45, 2.75) is 31.2 Å². The van der Waals surface area contributed by atoms with Crippen molar-refractivity contribution in [2.24, 2.45) is 0 Å². The van der Waals surface area contributed by atoms with Crippen LogP contribution in [0.1, 0.15) is 24.8 Å². The average Bonchev–Trinajstić information content (AvgIpc) is 2.27. The fourth-order valence-corrected chi connectivity index (χ4v) is 2.47. The Hall–Kier alpha value is -0.930. The summed E-state index contributed by atoms with van der Waals surface area (Å²) in [6.45, 7) is 2.15. The molecule has 0 aliphatic heterocycles. The zero-order valence-corrected chi connectivity index (χ0v) is 10.9. The molecule has 1 aliphatic carbocycles. The first kappa shape index (κ1) is 12.5. The van der Waals surface area contributed by atoms with Gasteiger partial charge in [-0.2, -0.15) is 0 Å². The van der Waals surface area contributed by atoms with Crippen LogP contribution in [-0.4, -0.2) is 42.6 Å². The van der Waals surface area contributed by atoms with Gasteiger partial charge in [-0.3, -0.25) is 4.98 Å². The van der Waals surface area contributed by atoms with Gasteiger partial charge in [-0.15, -0.1) is 0 Å². The summed E-state index contributed by atoms with van der Waals surface area (Å²) in [4.78, 5) is 6.51. The lowest BCUT2D eigenvalue weighted by Gasteiger charge is -2.47. The quantitative estimate of drug-likeness (QED) is 0.758. The predicted octanol–water partition coefficient (Wildman–Crippen LogP) is 1.70. The highest BCUT2D eigenvalue weighted by Gasteiger charge is 2.38. The van der Waals surface area contributed by atoms with Gasteiger partial charge in [0.1, 0.15) is 0 Å². The van der Waals surface area contributed by atoms with Crippen LogP contribution in [-0.2, 0) is 6.42 Å². The van der Waals surface area contributed by atoms with Crippen LogP contribution in [0.15, 0.2) is 24.5 Å². The summed E-state index contributed by atoms with van der Waals surface area (Å²) in [5.74, 6) is 0. The topological polar surface area (TPSA) is 28.2 Å². The first-order valence-electron chi connectivity index (χ1n) is 6.50. The molecule has 2 rings (SSSR count). The molecule has 1 N–H and O–H groups in total. The van der Waals surface area contributed by atoms with Crippen LogP contribution >= 0.6 is 0 Å². The predicted molar refractivity (Wildman–Crippen MR) is 71.1 cm³/mol. The number of nitrogens with zero attached hydrogens (tertiary/aromatic N) is 2. The third-order valence-electron chi connectivity index (χ3n) is 4.00. The van der Waals surface area contributed by atoms with Crippen molar-refractivity contribution in [3.8, 4) is 0 Å². The number of pyridine rings is 1. The first-order chi connectivity index (χ1) is 8.23. The Balaban J connectivity index is 1.69. The summed E-state index contributed by atoms with van der Waals surface area (Å²) in [5.41, 5.74) is 1.74. The molecule has 1 saturated carbocycles. The molecule has 1 aromatic heterocycles. The number of likely N-dealkylation sites (N-methyl/N-ethyl adjacent to an activating group) is 1. The Kier molecular flexibility index (Phi) is 4.13. The summed E-state index contributed by atoms with van der Waals surface area (Å²) in [7, 11) is 4.39. The van der Waals surface area contributed by atoms with Gasteiger partial charge in [0.2, 0.25) is 0 Å². The van der Waals surface area contributed by atoms with Crippen LogP contribution in [0.3, 0.4) is 0 Å². The van der Waals surface area contributed by atoms with Crippen LogP contribution in [0.2, 0.25) is 0 Å². The lowest BCUT2D eigenvalue weighted by atomic mass is 9.75. The molecule has 94 valence electrons. The van der Waals surface area contributed by atoms with E-state index in [0.717, 1.165) is 19.5 Å². The first-order valence-corrected chi connectivity index (χ1v) is 6.50. The highest BCUT2D eigenvalue weighted by molar-refractivity contribution is 5.08. The van der Waals surface area contributed by atoms with Crippen molar-refractivity contribution in [1.29, 1.82) is 0 Å². The molecule has 1 aliphatic rings. The standard InChI is InChI=1S/C14H23N3/c1-17(2)14(7-4-8-14)12-16-10-6-13-5-3-9-15-11-13/h3,5,9,11,16H,4,6-8,10,12H2,1-2H3. The van der Waals surface area contributed by atoms with E-state index in [1.165, 1.54) is 24.8 Å². The van der Waals surface area contributed by atoms with Gasteiger partial charge in [0.15, 0.2) is 0 Å². The van der Waals surface area contributed by atoms with E-state index in [9.17, 15) is 0 Å². The summed E-state index contributed by atoms with van der Waals surface area (Å²) in [5, 5.41) is 3.59. The Bertz CT molecular complexity index is 331. The van der Waals surface area contributed by atoms with Crippen molar-refractivity contribution in [3.05, 3.63) is 30.1 Å². The second kappa shape index (κ2) is 5.61. The van der Waals surface area contributed by atoms with Crippen LogP contribution in [0.5, 0.6) is 0 Å². The van der Waals surface area contributed by atoms with Gasteiger partial charge in [-0.1, -0.05) is 6.07 Å². The molecule has 3 heteroatoms. The highest BCUT2D eigenvalue weighted by atomic mass is 15.2. The van der Waals surface area contributed by atoms with E-state index in [-0.39, 0.29) is 0 Å². The van der Waals surface area contributed by atoms with Gasteiger partial charge < -0.3 is 10.2 Å². The van der Waals surface area contributed by atoms with E-state index in [1.807, 2.05) is 18.5 Å². The Morgan fingerprint density at radius 2 is 2.24 bits per heavy atom. The SMILES string of the molecule is CN(C)C1(CNCCc2cccnc2)CCC1. The molecule has 0 aromatic carbocycles. The monoisotopic (exact) mass is 233 g/mol. The van der Waals surface area contributed by atoms with Gasteiger partial charge in [0.25, 0.3) is 0 Å². The molecule has 1 aromatic rings. The molecule has 1 fully saturated rings. The van der Waals surface area contributed by atoms with E-state index in [4.69, 9.17) is 0 Å². The second-order valence-corrected chi connectivity index (χ2v) is 5.26. The molecule has 3 nitrogen and oxygen atoms in total. The minimum Gasteiger partial charge on any atom is -0.315 e. The molecule has 0 spiro atoms. The van der Waals surface area contributed by atoms with Crippen molar-refractivity contribution in [1.82, 2.24) is 15.2 Å². The smallest absolute Gasteiger partial charge is 0.0327 e. The zero-order valence-electron chi connectivity index (χ0n) is 10.9. The fourth-order valence-electron chi connectivity index (χ4n) is 2.47. The summed E-state index contributed by atoms with van der Waals surface area (Å²) < 4.78 is 0. The molecule has 0 radical (unpaired) electrons. The number of hydrogen-bond acceptors (Lipinski definition) is 3. The van der Waals surface area contributed by atoms with Gasteiger partial charge in [-0.25, -0.2) is 0 Å². The third kappa shape index (κ3) is 3.05. The minimum absolute atomic E-state index is 0.426. The van der Waals surface area contributed by atoms with E-state index in [0.29, 0.717) is 5.54 Å². The Morgan fingerprint density at radius 3 is 2.76 bits per heavy atom. The third-order valence-corrected chi connectivity index (χ3v) is 4.00. The largest absolute Gasteiger partial charge is 0.315 e. The number of aromatic nitrogens is 1. The molecule has 0 bridgehead atoms. The maximum absolute atomic E-state index is 4.13. The van der Waals surface area contributed by atoms with Crippen molar-refractivity contribution >= 4 is 0 Å². The van der Waals surface area contributed by atoms with Gasteiger partial charge in [0.05, 0.1) is 0 Å². The molecular formula is C14H23N3. The maximum atomic E-state index is 4.13. The van der Waals surface area contributed by atoms with Crippen molar-refractivity contribution < 1.29 is 0 Å². The fraction of sp³-hybridized carbons (Fsp3) is 0.643. The second-order valence-electron chi connectivity index (χ2n) is 5.26. The van der Waals surface area contributed by atoms with E-state index >= 15 is 0 Å². The number of hydrogen-bond donors (Lipinski definition) is 1. The molecule has 0 amide bonds. The minimum atomic E-state index is 0.426. The van der Waals surface area contributed by atoms with Gasteiger partial charge in [0, 0.05) is 24.5 Å². The maximum Gasteiger partial charge on any atom is 0.0327 e. The van der Waals surface area contributed by atoms with Crippen molar-refractivity contribution in [2.75, 3.05) is 27.2 Å². The summed E-state index contributed by atoms with van der Waals surface area (Å²) >= 11 is 0. The zero-order chi connectivity index (χ0) is 12.1. The van der Waals surface area contributed by atoms with Crippen molar-refractivity contribution in [3.63, 3.8) is 0 Å². The van der Waals surface area contributed by atoms with Crippen LogP contribution in [0.25, 0.3) is 0 Å². The lowest BCUT2D eigenvalue weighted by Crippen LogP contribution is -2.56. The van der Waals surface area contributed by atoms with Crippen LogP contribution in [0, 0.1) is 0 Å². The average molecular weight is 233 g/mol. The Morgan fingerprint density at radius 1 is 1.41 bits per heavy atom. The number of rotatable bonds is 6. The highest BCUT2D eigenvalue weighted by Crippen LogP contribution is 2.35. The molecule has 0 unspecified atom stereocenters. The molecular weight excluding hydrogens is 210 g/mol. The van der Waals surface area contributed by atoms with Gasteiger partial charge in [-0.05, 0) is 58.0 Å². The molecule has 0 atom stereocenters. The Labute approximate surface area is 104 Å². The number of nitrogens with one attached hydrogen (secondary N) is 1. The van der Waals surface area contributed by atoms with E-state index < -0.39 is 0 Å². The van der Waals surface area contributed by atoms with Crippen LogP contribution in [0.4, 0.5) is 0 Å². The summed E-state index contributed by atoms with van der Waals surface area (Å²) in [6.07, 6.45) is 8.89. The van der Waals surface area contributed by atoms with Crippen LogP contribution < -0.4 is 5.32 Å². The molecule has 0 saturated heterocycles. The molecule has 1 heterocycles. The normalized spacial score (nSPS) is 18.1. The summed E-state index contributed by atoms with van der Waals surface area (Å²) in [6, 6.07) is 4.14. The lowest BCUT2D eigenvalue weighted by molar-refractivity contribution is 0.0604.